The molecule has 0 saturated carbocycles. The van der Waals surface area contributed by atoms with Crippen molar-refractivity contribution in [2.75, 3.05) is 18.8 Å². The van der Waals surface area contributed by atoms with E-state index in [2.05, 4.69) is 15.0 Å². The Kier molecular flexibility index (Phi) is 4.49. The van der Waals surface area contributed by atoms with Crippen LogP contribution in [-0.2, 0) is 11.3 Å². The second-order valence-electron chi connectivity index (χ2n) is 4.38. The molecule has 0 aliphatic heterocycles. The zero-order valence-corrected chi connectivity index (χ0v) is 11.7. The van der Waals surface area contributed by atoms with Crippen molar-refractivity contribution in [2.24, 2.45) is 0 Å². The fourth-order valence-corrected chi connectivity index (χ4v) is 2.16. The van der Waals surface area contributed by atoms with Crippen LogP contribution in [-0.4, -0.2) is 53.3 Å². The molecule has 1 atom stereocenters. The van der Waals surface area contributed by atoms with E-state index in [1.165, 1.54) is 10.9 Å². The van der Waals surface area contributed by atoms with Crippen LogP contribution in [0.15, 0.2) is 11.1 Å². The number of nitrogens with two attached hydrogens (primary N) is 1. The predicted octanol–water partition coefficient (Wildman–Crippen LogP) is -1.51. The van der Waals surface area contributed by atoms with Crippen molar-refractivity contribution in [1.82, 2.24) is 19.5 Å². The SMILES string of the molecule is Nc1nc2c(ncn2CC(CF)OC[PH](O)(O)O)c(=O)[nH]1. The zero-order chi connectivity index (χ0) is 15.6. The molecule has 6 N–H and O–H groups in total. The van der Waals surface area contributed by atoms with Crippen molar-refractivity contribution in [3.05, 3.63) is 16.7 Å². The number of nitrogens with zero attached hydrogens (tertiary/aromatic N) is 3. The van der Waals surface area contributed by atoms with Crippen LogP contribution in [0.2, 0.25) is 0 Å². The van der Waals surface area contributed by atoms with Crippen molar-refractivity contribution in [2.45, 2.75) is 12.6 Å². The van der Waals surface area contributed by atoms with Crippen LogP contribution in [0.5, 0.6) is 0 Å². The molecule has 0 aliphatic carbocycles. The first-order valence-electron chi connectivity index (χ1n) is 5.85. The van der Waals surface area contributed by atoms with Gasteiger partial charge in [-0.15, -0.1) is 0 Å². The summed E-state index contributed by atoms with van der Waals surface area (Å²) < 4.78 is 19.1. The number of hydrogen-bond donors (Lipinski definition) is 5. The first-order chi connectivity index (χ1) is 9.80. The standard InChI is InChI=1S/C9H15FN5O5P/c10-1-5(20-4-21(17,18)19)2-15-3-12-6-7(15)13-9(11)14-8(6)16/h3,5,17-19,21H,1-2,4H2,(H3,11,13,14,16). The molecule has 12 heteroatoms. The Morgan fingerprint density at radius 3 is 2.86 bits per heavy atom. The number of imidazole rings is 1. The maximum absolute atomic E-state index is 12.9. The third-order valence-electron chi connectivity index (χ3n) is 2.58. The topological polar surface area (TPSA) is 160 Å². The Labute approximate surface area is 117 Å². The third-order valence-corrected chi connectivity index (χ3v) is 3.13. The van der Waals surface area contributed by atoms with Crippen LogP contribution in [0, 0.1) is 0 Å². The first kappa shape index (κ1) is 15.7. The Balaban J connectivity index is 2.20. The molecule has 0 bridgehead atoms. The van der Waals surface area contributed by atoms with E-state index >= 15 is 0 Å². The molecule has 1 unspecified atom stereocenters. The monoisotopic (exact) mass is 323 g/mol. The minimum absolute atomic E-state index is 0.0389. The number of ether oxygens (including phenoxy) is 1. The molecule has 0 aliphatic rings. The summed E-state index contributed by atoms with van der Waals surface area (Å²) >= 11 is 0. The van der Waals surface area contributed by atoms with Crippen molar-refractivity contribution < 1.29 is 23.8 Å². The third kappa shape index (κ3) is 3.93. The summed E-state index contributed by atoms with van der Waals surface area (Å²) in [6.45, 7) is -1.03. The molecule has 0 aromatic carbocycles. The van der Waals surface area contributed by atoms with Crippen molar-refractivity contribution in [3.63, 3.8) is 0 Å². The molecule has 0 fully saturated rings. The van der Waals surface area contributed by atoms with Crippen LogP contribution in [0.3, 0.4) is 0 Å². The van der Waals surface area contributed by atoms with E-state index in [0.29, 0.717) is 0 Å². The second-order valence-corrected chi connectivity index (χ2v) is 6.22. The van der Waals surface area contributed by atoms with Gasteiger partial charge in [0.05, 0.1) is 0 Å². The van der Waals surface area contributed by atoms with Crippen LogP contribution in [0.1, 0.15) is 0 Å². The number of hydrogen-bond acceptors (Lipinski definition) is 8. The van der Waals surface area contributed by atoms with Gasteiger partial charge < -0.3 is 0 Å². The van der Waals surface area contributed by atoms with Crippen LogP contribution in [0.25, 0.3) is 11.2 Å². The summed E-state index contributed by atoms with van der Waals surface area (Å²) in [6.07, 6.45) is -0.562. The number of rotatable bonds is 6. The van der Waals surface area contributed by atoms with E-state index < -0.39 is 32.6 Å². The van der Waals surface area contributed by atoms with Gasteiger partial charge in [0.15, 0.2) is 0 Å². The summed E-state index contributed by atoms with van der Waals surface area (Å²) in [6, 6.07) is 0. The molecular weight excluding hydrogens is 308 g/mol. The second kappa shape index (κ2) is 6.00. The Bertz CT molecular complexity index is 683. The van der Waals surface area contributed by atoms with Gasteiger partial charge in [-0.3, -0.25) is 0 Å². The van der Waals surface area contributed by atoms with E-state index in [4.69, 9.17) is 25.2 Å². The molecule has 0 amide bonds. The van der Waals surface area contributed by atoms with Crippen molar-refractivity contribution in [3.8, 4) is 0 Å². The van der Waals surface area contributed by atoms with Crippen molar-refractivity contribution >= 4 is 25.1 Å². The number of aromatic nitrogens is 4. The molecule has 0 saturated heterocycles. The molecular formula is C9H15FN5O5P. The average Bonchev–Trinajstić information content (AvgIpc) is 2.76. The first-order valence-corrected chi connectivity index (χ1v) is 7.90. The fourth-order valence-electron chi connectivity index (χ4n) is 1.70. The molecule has 10 nitrogen and oxygen atoms in total. The van der Waals surface area contributed by atoms with Gasteiger partial charge in [0.1, 0.15) is 0 Å². The van der Waals surface area contributed by atoms with E-state index in [1.54, 1.807) is 0 Å². The predicted molar refractivity (Wildman–Crippen MR) is 73.2 cm³/mol. The van der Waals surface area contributed by atoms with E-state index in [1.807, 2.05) is 0 Å². The quantitative estimate of drug-likeness (QED) is 0.401. The van der Waals surface area contributed by atoms with E-state index in [0.717, 1.165) is 0 Å². The Hall–Kier alpha value is -1.65. The number of H-pyrrole nitrogens is 1. The molecule has 118 valence electrons. The number of alkyl halides is 1. The number of fused-ring (bicyclic) bond motifs is 1. The maximum atomic E-state index is 12.9. The Morgan fingerprint density at radius 2 is 2.24 bits per heavy atom. The summed E-state index contributed by atoms with van der Waals surface area (Å²) in [5, 5.41) is 0. The summed E-state index contributed by atoms with van der Waals surface area (Å²) in [5.74, 6) is -0.112. The molecule has 2 heterocycles. The summed E-state index contributed by atoms with van der Waals surface area (Å²) in [7, 11) is -4.41. The minimum atomic E-state index is -4.41. The number of aromatic amines is 1. The number of anilines is 1. The fraction of sp³-hybridized carbons (Fsp3) is 0.444. The van der Waals surface area contributed by atoms with Crippen LogP contribution in [0.4, 0.5) is 10.3 Å². The Morgan fingerprint density at radius 1 is 1.52 bits per heavy atom. The molecule has 21 heavy (non-hydrogen) atoms. The number of halogens is 1. The van der Waals surface area contributed by atoms with Crippen LogP contribution >= 0.6 is 7.94 Å². The van der Waals surface area contributed by atoms with Gasteiger partial charge in [-0.2, -0.15) is 0 Å². The molecule has 2 aromatic heterocycles. The van der Waals surface area contributed by atoms with Gasteiger partial charge in [-0.05, 0) is 0 Å². The van der Waals surface area contributed by atoms with E-state index in [9.17, 15) is 9.18 Å². The van der Waals surface area contributed by atoms with Crippen LogP contribution < -0.4 is 11.3 Å². The molecule has 2 rings (SSSR count). The van der Waals surface area contributed by atoms with Gasteiger partial charge >= 0.3 is 116 Å². The normalized spacial score (nSPS) is 14.5. The number of nitrogens with one attached hydrogen (secondary N) is 1. The van der Waals surface area contributed by atoms with Gasteiger partial charge in [-0.25, -0.2) is 0 Å². The zero-order valence-electron chi connectivity index (χ0n) is 10.7. The molecule has 2 aromatic rings. The summed E-state index contributed by atoms with van der Waals surface area (Å²) in [4.78, 5) is 48.1. The number of nitrogen functional groups attached to an aromatic ring is 1. The molecule has 0 radical (unpaired) electrons. The van der Waals surface area contributed by atoms with Gasteiger partial charge in [0.25, 0.3) is 0 Å². The summed E-state index contributed by atoms with van der Waals surface area (Å²) in [5.41, 5.74) is 5.09. The van der Waals surface area contributed by atoms with Gasteiger partial charge in [0, 0.05) is 0 Å². The molecule has 0 spiro atoms. The van der Waals surface area contributed by atoms with Crippen molar-refractivity contribution in [1.29, 1.82) is 0 Å². The van der Waals surface area contributed by atoms with Gasteiger partial charge in [0.2, 0.25) is 0 Å². The average molecular weight is 323 g/mol. The van der Waals surface area contributed by atoms with Gasteiger partial charge in [-0.1, -0.05) is 0 Å². The van der Waals surface area contributed by atoms with E-state index in [-0.39, 0.29) is 23.7 Å².